The maximum absolute atomic E-state index is 12.2. The molecule has 0 heterocycles. The summed E-state index contributed by atoms with van der Waals surface area (Å²) in [5, 5.41) is 2.81. The van der Waals surface area contributed by atoms with Crippen LogP contribution in [0, 0.1) is 0 Å². The van der Waals surface area contributed by atoms with Crippen molar-refractivity contribution >= 4 is 49.1 Å². The van der Waals surface area contributed by atoms with E-state index in [0.29, 0.717) is 27.2 Å². The number of hydrogen-bond acceptors (Lipinski definition) is 3. The van der Waals surface area contributed by atoms with Crippen LogP contribution in [0.15, 0.2) is 45.3 Å². The number of ether oxygens (including phenoxy) is 1. The minimum Gasteiger partial charge on any atom is -0.497 e. The molecule has 4 nitrogen and oxygen atoms in total. The Kier molecular flexibility index (Phi) is 4.67. The van der Waals surface area contributed by atoms with Crippen LogP contribution < -0.4 is 15.8 Å². The van der Waals surface area contributed by atoms with Crippen molar-refractivity contribution in [3.05, 3.63) is 50.9 Å². The SMILES string of the molecule is COc1cc(Br)cc(NC(=O)c2cc(N)ccc2Br)c1. The molecule has 0 aromatic heterocycles. The van der Waals surface area contributed by atoms with Crippen LogP contribution in [0.2, 0.25) is 0 Å². The summed E-state index contributed by atoms with van der Waals surface area (Å²) in [6.45, 7) is 0. The van der Waals surface area contributed by atoms with Crippen molar-refractivity contribution in [1.29, 1.82) is 0 Å². The molecule has 0 aliphatic carbocycles. The number of methoxy groups -OCH3 is 1. The highest BCUT2D eigenvalue weighted by atomic mass is 79.9. The van der Waals surface area contributed by atoms with E-state index >= 15 is 0 Å². The van der Waals surface area contributed by atoms with Crippen molar-refractivity contribution in [2.45, 2.75) is 0 Å². The van der Waals surface area contributed by atoms with Gasteiger partial charge in [-0.05, 0) is 46.3 Å². The van der Waals surface area contributed by atoms with Crippen molar-refractivity contribution in [2.24, 2.45) is 0 Å². The predicted octanol–water partition coefficient (Wildman–Crippen LogP) is 4.05. The molecule has 2 rings (SSSR count). The molecule has 2 aromatic rings. The van der Waals surface area contributed by atoms with Gasteiger partial charge in [0, 0.05) is 26.4 Å². The number of amides is 1. The highest BCUT2D eigenvalue weighted by molar-refractivity contribution is 9.10. The first-order valence-corrected chi connectivity index (χ1v) is 7.29. The molecule has 0 aliphatic rings. The molecule has 0 atom stereocenters. The van der Waals surface area contributed by atoms with Crippen LogP contribution in [-0.4, -0.2) is 13.0 Å². The second-order valence-electron chi connectivity index (χ2n) is 4.07. The summed E-state index contributed by atoms with van der Waals surface area (Å²) in [6.07, 6.45) is 0. The second kappa shape index (κ2) is 6.28. The Bertz CT molecular complexity index is 660. The van der Waals surface area contributed by atoms with Crippen molar-refractivity contribution in [3.8, 4) is 5.75 Å². The normalized spacial score (nSPS) is 10.2. The number of rotatable bonds is 3. The first-order valence-electron chi connectivity index (χ1n) is 5.70. The molecule has 0 fully saturated rings. The highest BCUT2D eigenvalue weighted by Gasteiger charge is 2.11. The maximum atomic E-state index is 12.2. The van der Waals surface area contributed by atoms with Gasteiger partial charge in [-0.2, -0.15) is 0 Å². The smallest absolute Gasteiger partial charge is 0.256 e. The summed E-state index contributed by atoms with van der Waals surface area (Å²) in [4.78, 5) is 12.2. The van der Waals surface area contributed by atoms with Crippen molar-refractivity contribution < 1.29 is 9.53 Å². The van der Waals surface area contributed by atoms with Crippen molar-refractivity contribution in [1.82, 2.24) is 0 Å². The summed E-state index contributed by atoms with van der Waals surface area (Å²) in [7, 11) is 1.57. The van der Waals surface area contributed by atoms with Gasteiger partial charge in [0.1, 0.15) is 5.75 Å². The molecule has 2 aromatic carbocycles. The molecule has 104 valence electrons. The van der Waals surface area contributed by atoms with Crippen molar-refractivity contribution in [3.63, 3.8) is 0 Å². The van der Waals surface area contributed by atoms with Gasteiger partial charge in [0.15, 0.2) is 0 Å². The molecule has 0 unspecified atom stereocenters. The number of halogens is 2. The molecule has 0 radical (unpaired) electrons. The van der Waals surface area contributed by atoms with E-state index in [1.807, 2.05) is 6.07 Å². The van der Waals surface area contributed by atoms with Crippen molar-refractivity contribution in [2.75, 3.05) is 18.2 Å². The quantitative estimate of drug-likeness (QED) is 0.765. The first-order chi connectivity index (χ1) is 9.49. The summed E-state index contributed by atoms with van der Waals surface area (Å²) < 4.78 is 6.66. The van der Waals surface area contributed by atoms with Gasteiger partial charge in [0.2, 0.25) is 0 Å². The molecule has 20 heavy (non-hydrogen) atoms. The number of nitrogens with one attached hydrogen (secondary N) is 1. The van der Waals surface area contributed by atoms with Gasteiger partial charge in [-0.15, -0.1) is 0 Å². The Balaban J connectivity index is 2.27. The first kappa shape index (κ1) is 14.9. The zero-order valence-corrected chi connectivity index (χ0v) is 13.8. The molecule has 0 spiro atoms. The molecule has 0 saturated carbocycles. The molecule has 1 amide bonds. The Labute approximate surface area is 133 Å². The summed E-state index contributed by atoms with van der Waals surface area (Å²) in [5.74, 6) is 0.408. The fourth-order valence-electron chi connectivity index (χ4n) is 1.67. The Morgan fingerprint density at radius 2 is 1.95 bits per heavy atom. The van der Waals surface area contributed by atoms with Gasteiger partial charge in [-0.1, -0.05) is 15.9 Å². The average Bonchev–Trinajstić information content (AvgIpc) is 2.40. The third-order valence-corrected chi connectivity index (χ3v) is 3.75. The number of carbonyl (C=O) groups excluding carboxylic acids is 1. The van der Waals surface area contributed by atoms with E-state index in [0.717, 1.165) is 4.47 Å². The monoisotopic (exact) mass is 398 g/mol. The summed E-state index contributed by atoms with van der Waals surface area (Å²) in [5.41, 5.74) is 7.34. The van der Waals surface area contributed by atoms with E-state index in [1.165, 1.54) is 0 Å². The van der Waals surface area contributed by atoms with E-state index in [4.69, 9.17) is 10.5 Å². The topological polar surface area (TPSA) is 64.3 Å². The summed E-state index contributed by atoms with van der Waals surface area (Å²) >= 11 is 6.70. The van der Waals surface area contributed by atoms with E-state index in [-0.39, 0.29) is 5.91 Å². The van der Waals surface area contributed by atoms with E-state index in [9.17, 15) is 4.79 Å². The number of anilines is 2. The molecular formula is C14H12Br2N2O2. The largest absolute Gasteiger partial charge is 0.497 e. The van der Waals surface area contributed by atoms with Crippen LogP contribution in [-0.2, 0) is 0 Å². The molecule has 6 heteroatoms. The second-order valence-corrected chi connectivity index (χ2v) is 5.84. The fourth-order valence-corrected chi connectivity index (χ4v) is 2.57. The van der Waals surface area contributed by atoms with E-state index < -0.39 is 0 Å². The van der Waals surface area contributed by atoms with Gasteiger partial charge >= 0.3 is 0 Å². The molecular weight excluding hydrogens is 388 g/mol. The fraction of sp³-hybridized carbons (Fsp3) is 0.0714. The average molecular weight is 400 g/mol. The number of benzene rings is 2. The van der Waals surface area contributed by atoms with Crippen LogP contribution in [0.4, 0.5) is 11.4 Å². The van der Waals surface area contributed by atoms with E-state index in [2.05, 4.69) is 37.2 Å². The molecule has 3 N–H and O–H groups in total. The van der Waals surface area contributed by atoms with Crippen LogP contribution in [0.25, 0.3) is 0 Å². The lowest BCUT2D eigenvalue weighted by Crippen LogP contribution is -2.13. The van der Waals surface area contributed by atoms with Gasteiger partial charge in [0.05, 0.1) is 12.7 Å². The lowest BCUT2D eigenvalue weighted by molar-refractivity contribution is 0.102. The zero-order chi connectivity index (χ0) is 14.7. The van der Waals surface area contributed by atoms with Crippen LogP contribution >= 0.6 is 31.9 Å². The third-order valence-electron chi connectivity index (χ3n) is 2.60. The molecule has 0 bridgehead atoms. The van der Waals surface area contributed by atoms with Gasteiger partial charge in [-0.25, -0.2) is 0 Å². The minimum atomic E-state index is -0.246. The Morgan fingerprint density at radius 3 is 2.65 bits per heavy atom. The number of hydrogen-bond donors (Lipinski definition) is 2. The minimum absolute atomic E-state index is 0.246. The Hall–Kier alpha value is -1.53. The zero-order valence-electron chi connectivity index (χ0n) is 10.6. The van der Waals surface area contributed by atoms with E-state index in [1.54, 1.807) is 37.4 Å². The third kappa shape index (κ3) is 3.52. The van der Waals surface area contributed by atoms with Gasteiger partial charge in [-0.3, -0.25) is 4.79 Å². The van der Waals surface area contributed by atoms with Crippen LogP contribution in [0.1, 0.15) is 10.4 Å². The van der Waals surface area contributed by atoms with Crippen LogP contribution in [0.5, 0.6) is 5.75 Å². The van der Waals surface area contributed by atoms with Gasteiger partial charge in [0.25, 0.3) is 5.91 Å². The van der Waals surface area contributed by atoms with Gasteiger partial charge < -0.3 is 15.8 Å². The lowest BCUT2D eigenvalue weighted by Gasteiger charge is -2.09. The number of nitrogens with two attached hydrogens (primary N) is 1. The Morgan fingerprint density at radius 1 is 1.20 bits per heavy atom. The summed E-state index contributed by atoms with van der Waals surface area (Å²) in [6, 6.07) is 10.4. The standard InChI is InChI=1S/C14H12Br2N2O2/c1-20-11-5-8(15)4-10(7-11)18-14(19)12-6-9(17)2-3-13(12)16/h2-7H,17H2,1H3,(H,18,19). The predicted molar refractivity (Wildman–Crippen MR) is 87.2 cm³/mol. The number of nitrogen functional groups attached to an aromatic ring is 1. The highest BCUT2D eigenvalue weighted by Crippen LogP contribution is 2.26. The van der Waals surface area contributed by atoms with Crippen LogP contribution in [0.3, 0.4) is 0 Å². The maximum Gasteiger partial charge on any atom is 0.256 e. The number of carbonyl (C=O) groups is 1. The molecule has 0 aliphatic heterocycles. The molecule has 0 saturated heterocycles. The lowest BCUT2D eigenvalue weighted by atomic mass is 10.2.